The van der Waals surface area contributed by atoms with Crippen LogP contribution in [0, 0.1) is 5.92 Å². The molecule has 2 N–H and O–H groups in total. The van der Waals surface area contributed by atoms with Crippen LogP contribution in [0.4, 0.5) is 5.69 Å². The van der Waals surface area contributed by atoms with E-state index in [1.165, 1.54) is 13.2 Å². The van der Waals surface area contributed by atoms with Crippen LogP contribution in [0.3, 0.4) is 0 Å². The largest absolute Gasteiger partial charge is 0.464 e. The summed E-state index contributed by atoms with van der Waals surface area (Å²) in [6.07, 6.45) is 3.09. The van der Waals surface area contributed by atoms with Gasteiger partial charge in [-0.15, -0.1) is 0 Å². The Hall–Kier alpha value is -3.23. The molecule has 8 heteroatoms. The van der Waals surface area contributed by atoms with Crippen LogP contribution in [-0.4, -0.2) is 50.1 Å². The third-order valence-electron chi connectivity index (χ3n) is 5.82. The fourth-order valence-electron chi connectivity index (χ4n) is 3.85. The predicted molar refractivity (Wildman–Crippen MR) is 113 cm³/mol. The van der Waals surface area contributed by atoms with Crippen molar-refractivity contribution in [2.75, 3.05) is 32.2 Å². The molecule has 1 unspecified atom stereocenters. The number of rotatable bonds is 7. The van der Waals surface area contributed by atoms with Gasteiger partial charge in [0.25, 0.3) is 11.8 Å². The normalized spacial score (nSPS) is 19.7. The van der Waals surface area contributed by atoms with Crippen LogP contribution in [0.5, 0.6) is 0 Å². The van der Waals surface area contributed by atoms with E-state index >= 15 is 0 Å². The van der Waals surface area contributed by atoms with Crippen LogP contribution in [0.15, 0.2) is 57.7 Å². The van der Waals surface area contributed by atoms with Gasteiger partial charge in [-0.1, -0.05) is 12.5 Å². The Morgan fingerprint density at radius 3 is 2.68 bits per heavy atom. The second-order valence-corrected chi connectivity index (χ2v) is 8.03. The molecule has 1 saturated heterocycles. The van der Waals surface area contributed by atoms with E-state index in [1.54, 1.807) is 25.3 Å². The number of hydrogen-bond donors (Lipinski definition) is 2. The molecule has 1 atom stereocenters. The average Bonchev–Trinajstić information content (AvgIpc) is 3.30. The first kappa shape index (κ1) is 21.0. The zero-order chi connectivity index (χ0) is 22.2. The minimum absolute atomic E-state index is 0.244. The maximum Gasteiger partial charge on any atom is 0.293 e. The summed E-state index contributed by atoms with van der Waals surface area (Å²) in [6.45, 7) is 4.43. The van der Waals surface area contributed by atoms with E-state index in [0.29, 0.717) is 30.0 Å². The number of fused-ring (bicyclic) bond motifs is 1. The minimum atomic E-state index is -0.731. The molecule has 1 aromatic heterocycles. The molecule has 8 nitrogen and oxygen atoms in total. The molecular formula is C23H24N2O6. The Balaban J connectivity index is 1.48. The highest BCUT2D eigenvalue weighted by Gasteiger charge is 2.42. The molecule has 162 valence electrons. The molecule has 2 aliphatic rings. The Labute approximate surface area is 179 Å². The van der Waals surface area contributed by atoms with Crippen molar-refractivity contribution in [2.45, 2.75) is 19.4 Å². The van der Waals surface area contributed by atoms with Gasteiger partial charge >= 0.3 is 0 Å². The Morgan fingerprint density at radius 1 is 1.23 bits per heavy atom. The smallest absolute Gasteiger partial charge is 0.293 e. The summed E-state index contributed by atoms with van der Waals surface area (Å²) < 4.78 is 15.6. The summed E-state index contributed by atoms with van der Waals surface area (Å²) in [6, 6.07) is 7.15. The monoisotopic (exact) mass is 424 g/mol. The van der Waals surface area contributed by atoms with Gasteiger partial charge in [0.15, 0.2) is 0 Å². The highest BCUT2D eigenvalue weighted by atomic mass is 16.5. The van der Waals surface area contributed by atoms with Crippen molar-refractivity contribution in [3.05, 3.63) is 53.3 Å². The van der Waals surface area contributed by atoms with Crippen molar-refractivity contribution >= 4 is 34.3 Å². The molecule has 2 aromatic rings. The number of furan rings is 1. The van der Waals surface area contributed by atoms with Crippen molar-refractivity contribution in [1.29, 1.82) is 0 Å². The number of amides is 2. The van der Waals surface area contributed by atoms with E-state index in [1.807, 2.05) is 19.1 Å². The molecule has 1 aliphatic carbocycles. The van der Waals surface area contributed by atoms with Gasteiger partial charge in [-0.05, 0) is 37.3 Å². The molecule has 1 aliphatic heterocycles. The standard InChI is InChI=1S/C23H24N2O6/c1-13-14(2)18(21(27)24-16-4-5-19-15(8-16)6-7-31-19)9-17(13)20(26)22(28)25-23(10-29-3)11-30-12-23/h4-9,14H,10-12H2,1-3H3,(H,24,27)(H,25,28). The number of anilines is 1. The average molecular weight is 424 g/mol. The van der Waals surface area contributed by atoms with Gasteiger partial charge in [0.1, 0.15) is 11.1 Å². The number of ketones is 1. The molecule has 0 spiro atoms. The summed E-state index contributed by atoms with van der Waals surface area (Å²) in [5.41, 5.74) is 2.02. The van der Waals surface area contributed by atoms with Gasteiger partial charge in [0.2, 0.25) is 5.78 Å². The quantitative estimate of drug-likeness (QED) is 0.661. The van der Waals surface area contributed by atoms with Crippen LogP contribution in [0.25, 0.3) is 11.0 Å². The van der Waals surface area contributed by atoms with Gasteiger partial charge in [0, 0.05) is 35.2 Å². The number of benzene rings is 1. The number of methoxy groups -OCH3 is 1. The minimum Gasteiger partial charge on any atom is -0.464 e. The van der Waals surface area contributed by atoms with E-state index in [2.05, 4.69) is 10.6 Å². The topological polar surface area (TPSA) is 107 Å². The van der Waals surface area contributed by atoms with Gasteiger partial charge < -0.3 is 24.5 Å². The second kappa shape index (κ2) is 8.13. The molecule has 0 radical (unpaired) electrons. The molecular weight excluding hydrogens is 400 g/mol. The number of hydrogen-bond acceptors (Lipinski definition) is 6. The van der Waals surface area contributed by atoms with Crippen LogP contribution >= 0.6 is 0 Å². The van der Waals surface area contributed by atoms with Crippen molar-refractivity contribution < 1.29 is 28.3 Å². The lowest BCUT2D eigenvalue weighted by molar-refractivity contribution is -0.146. The fourth-order valence-corrected chi connectivity index (χ4v) is 3.85. The SMILES string of the molecule is COCC1(NC(=O)C(=O)C2=C(C)C(C)C(C(=O)Nc3ccc4occc4c3)=C2)COC1. The van der Waals surface area contributed by atoms with E-state index in [4.69, 9.17) is 13.9 Å². The number of nitrogens with one attached hydrogen (secondary N) is 2. The summed E-state index contributed by atoms with van der Waals surface area (Å²) in [7, 11) is 1.53. The number of Topliss-reactive ketones (excluding diaryl/α,β-unsaturated/α-hetero) is 1. The third-order valence-corrected chi connectivity index (χ3v) is 5.82. The summed E-state index contributed by atoms with van der Waals surface area (Å²) >= 11 is 0. The van der Waals surface area contributed by atoms with Gasteiger partial charge in [-0.3, -0.25) is 14.4 Å². The van der Waals surface area contributed by atoms with Crippen molar-refractivity contribution in [2.24, 2.45) is 5.92 Å². The maximum absolute atomic E-state index is 12.9. The molecule has 2 amide bonds. The molecule has 4 rings (SSSR count). The van der Waals surface area contributed by atoms with E-state index in [9.17, 15) is 14.4 Å². The lowest BCUT2D eigenvalue weighted by Gasteiger charge is -2.41. The predicted octanol–water partition coefficient (Wildman–Crippen LogP) is 2.36. The number of ether oxygens (including phenoxy) is 2. The molecule has 1 fully saturated rings. The van der Waals surface area contributed by atoms with Crippen molar-refractivity contribution in [3.63, 3.8) is 0 Å². The lowest BCUT2D eigenvalue weighted by atomic mass is 9.96. The molecule has 31 heavy (non-hydrogen) atoms. The van der Waals surface area contributed by atoms with Crippen LogP contribution < -0.4 is 10.6 Å². The summed E-state index contributed by atoms with van der Waals surface area (Å²) in [5, 5.41) is 6.46. The maximum atomic E-state index is 12.9. The Kier molecular flexibility index (Phi) is 5.51. The first-order valence-corrected chi connectivity index (χ1v) is 9.98. The Bertz CT molecular complexity index is 1120. The number of carbonyl (C=O) groups is 3. The number of carbonyl (C=O) groups excluding carboxylic acids is 3. The van der Waals surface area contributed by atoms with Crippen LogP contribution in [0.1, 0.15) is 13.8 Å². The van der Waals surface area contributed by atoms with E-state index in [0.717, 1.165) is 11.0 Å². The molecule has 0 bridgehead atoms. The lowest BCUT2D eigenvalue weighted by Crippen LogP contribution is -2.65. The highest BCUT2D eigenvalue weighted by Crippen LogP contribution is 2.33. The zero-order valence-corrected chi connectivity index (χ0v) is 17.6. The van der Waals surface area contributed by atoms with Gasteiger partial charge in [0.05, 0.1) is 26.1 Å². The van der Waals surface area contributed by atoms with Crippen LogP contribution in [0.2, 0.25) is 0 Å². The highest BCUT2D eigenvalue weighted by molar-refractivity contribution is 6.44. The van der Waals surface area contributed by atoms with E-state index < -0.39 is 17.2 Å². The Morgan fingerprint density at radius 2 is 2.00 bits per heavy atom. The fraction of sp³-hybridized carbons (Fsp3) is 0.348. The number of allylic oxidation sites excluding steroid dienone is 2. The summed E-state index contributed by atoms with van der Waals surface area (Å²) in [4.78, 5) is 38.3. The molecule has 0 saturated carbocycles. The van der Waals surface area contributed by atoms with Gasteiger partial charge in [-0.25, -0.2) is 0 Å². The third kappa shape index (κ3) is 3.92. The second-order valence-electron chi connectivity index (χ2n) is 8.03. The zero-order valence-electron chi connectivity index (χ0n) is 17.6. The summed E-state index contributed by atoms with van der Waals surface area (Å²) in [5.74, 6) is -2.01. The van der Waals surface area contributed by atoms with Crippen LogP contribution in [-0.2, 0) is 23.9 Å². The first-order valence-electron chi connectivity index (χ1n) is 9.98. The molecule has 1 aromatic carbocycles. The van der Waals surface area contributed by atoms with Crippen molar-refractivity contribution in [1.82, 2.24) is 5.32 Å². The molecule has 2 heterocycles. The van der Waals surface area contributed by atoms with Crippen molar-refractivity contribution in [3.8, 4) is 0 Å². The van der Waals surface area contributed by atoms with E-state index in [-0.39, 0.29) is 24.0 Å². The van der Waals surface area contributed by atoms with Gasteiger partial charge in [-0.2, -0.15) is 0 Å². The first-order chi connectivity index (χ1) is 14.8.